The van der Waals surface area contributed by atoms with Gasteiger partial charge in [0.1, 0.15) is 0 Å². The van der Waals surface area contributed by atoms with Crippen LogP contribution in [0.15, 0.2) is 42.6 Å². The monoisotopic (exact) mass is 227 g/mol. The number of rotatable bonds is 3. The first-order chi connectivity index (χ1) is 8.22. The molecule has 17 heavy (non-hydrogen) atoms. The zero-order chi connectivity index (χ0) is 12.3. The first kappa shape index (κ1) is 11.8. The van der Waals surface area contributed by atoms with Crippen LogP contribution in [0.5, 0.6) is 0 Å². The Morgan fingerprint density at radius 3 is 2.41 bits per heavy atom. The van der Waals surface area contributed by atoms with E-state index in [9.17, 15) is 5.11 Å². The highest BCUT2D eigenvalue weighted by molar-refractivity contribution is 5.65. The molecule has 2 nitrogen and oxygen atoms in total. The molecule has 2 aromatic rings. The molecule has 1 N–H and O–H groups in total. The molecule has 0 bridgehead atoms. The molecule has 2 heteroatoms. The predicted octanol–water partition coefficient (Wildman–Crippen LogP) is 3.36. The van der Waals surface area contributed by atoms with Crippen molar-refractivity contribution in [3.05, 3.63) is 53.9 Å². The third-order valence-corrected chi connectivity index (χ3v) is 2.93. The van der Waals surface area contributed by atoms with Crippen molar-refractivity contribution < 1.29 is 5.11 Å². The van der Waals surface area contributed by atoms with E-state index in [0.717, 1.165) is 16.8 Å². The van der Waals surface area contributed by atoms with Crippen molar-refractivity contribution in [3.8, 4) is 11.1 Å². The molecule has 0 aliphatic heterocycles. The van der Waals surface area contributed by atoms with Crippen LogP contribution < -0.4 is 0 Å². The van der Waals surface area contributed by atoms with E-state index < -0.39 is 0 Å². The number of benzene rings is 1. The van der Waals surface area contributed by atoms with Crippen LogP contribution in [0.1, 0.15) is 31.0 Å². The molecule has 0 fully saturated rings. The van der Waals surface area contributed by atoms with E-state index in [2.05, 4.69) is 43.1 Å². The van der Waals surface area contributed by atoms with E-state index in [4.69, 9.17) is 0 Å². The summed E-state index contributed by atoms with van der Waals surface area (Å²) in [5, 5.41) is 9.26. The largest absolute Gasteiger partial charge is 0.390 e. The number of nitrogens with zero attached hydrogens (tertiary/aromatic N) is 1. The highest BCUT2D eigenvalue weighted by Gasteiger charge is 2.05. The number of aromatic nitrogens is 1. The van der Waals surface area contributed by atoms with Crippen LogP contribution in [0.25, 0.3) is 11.1 Å². The molecule has 0 aliphatic rings. The average molecular weight is 227 g/mol. The normalized spacial score (nSPS) is 10.8. The van der Waals surface area contributed by atoms with Gasteiger partial charge >= 0.3 is 0 Å². The van der Waals surface area contributed by atoms with E-state index >= 15 is 0 Å². The molecule has 0 saturated carbocycles. The number of hydrogen-bond donors (Lipinski definition) is 1. The quantitative estimate of drug-likeness (QED) is 0.872. The van der Waals surface area contributed by atoms with Crippen molar-refractivity contribution in [3.63, 3.8) is 0 Å². The molecule has 0 spiro atoms. The van der Waals surface area contributed by atoms with Crippen LogP contribution in [-0.4, -0.2) is 10.1 Å². The fourth-order valence-corrected chi connectivity index (χ4v) is 1.87. The van der Waals surface area contributed by atoms with Gasteiger partial charge < -0.3 is 5.11 Å². The van der Waals surface area contributed by atoms with Crippen LogP contribution in [-0.2, 0) is 6.61 Å². The maximum absolute atomic E-state index is 9.26. The number of aliphatic hydroxyl groups excluding tert-OH is 1. The van der Waals surface area contributed by atoms with Crippen molar-refractivity contribution in [2.75, 3.05) is 0 Å². The third kappa shape index (κ3) is 2.53. The van der Waals surface area contributed by atoms with Gasteiger partial charge in [-0.1, -0.05) is 44.2 Å². The van der Waals surface area contributed by atoms with Gasteiger partial charge in [-0.25, -0.2) is 0 Å². The van der Waals surface area contributed by atoms with Crippen LogP contribution in [0.3, 0.4) is 0 Å². The zero-order valence-corrected chi connectivity index (χ0v) is 10.2. The van der Waals surface area contributed by atoms with Crippen LogP contribution in [0.4, 0.5) is 0 Å². The maximum Gasteiger partial charge on any atom is 0.0859 e. The molecule has 1 heterocycles. The summed E-state index contributed by atoms with van der Waals surface area (Å²) in [5.41, 5.74) is 4.16. The third-order valence-electron chi connectivity index (χ3n) is 2.93. The van der Waals surface area contributed by atoms with Gasteiger partial charge in [-0.3, -0.25) is 4.98 Å². The van der Waals surface area contributed by atoms with E-state index in [-0.39, 0.29) is 6.61 Å². The van der Waals surface area contributed by atoms with E-state index in [1.165, 1.54) is 5.56 Å². The molecule has 0 radical (unpaired) electrons. The lowest BCUT2D eigenvalue weighted by Gasteiger charge is -2.09. The first-order valence-electron chi connectivity index (χ1n) is 5.87. The second-order valence-corrected chi connectivity index (χ2v) is 4.43. The molecule has 2 rings (SSSR count). The Balaban J connectivity index is 2.40. The van der Waals surface area contributed by atoms with E-state index in [1.807, 2.05) is 12.1 Å². The Hall–Kier alpha value is -1.67. The number of hydrogen-bond acceptors (Lipinski definition) is 2. The summed E-state index contributed by atoms with van der Waals surface area (Å²) >= 11 is 0. The Morgan fingerprint density at radius 2 is 1.82 bits per heavy atom. The topological polar surface area (TPSA) is 33.1 Å². The average Bonchev–Trinajstić information content (AvgIpc) is 2.39. The number of pyridine rings is 1. The second kappa shape index (κ2) is 5.11. The maximum atomic E-state index is 9.26. The van der Waals surface area contributed by atoms with Crippen molar-refractivity contribution in [2.24, 2.45) is 0 Å². The Morgan fingerprint density at radius 1 is 1.12 bits per heavy atom. The molecular formula is C15H17NO. The van der Waals surface area contributed by atoms with Gasteiger partial charge in [0.2, 0.25) is 0 Å². The molecule has 88 valence electrons. The second-order valence-electron chi connectivity index (χ2n) is 4.43. The van der Waals surface area contributed by atoms with Crippen molar-refractivity contribution >= 4 is 0 Å². The van der Waals surface area contributed by atoms with Crippen molar-refractivity contribution in [2.45, 2.75) is 26.4 Å². The summed E-state index contributed by atoms with van der Waals surface area (Å²) in [6, 6.07) is 12.3. The van der Waals surface area contributed by atoms with Gasteiger partial charge in [0, 0.05) is 11.8 Å². The van der Waals surface area contributed by atoms with Gasteiger partial charge in [-0.15, -0.1) is 0 Å². The van der Waals surface area contributed by atoms with Crippen molar-refractivity contribution in [1.29, 1.82) is 0 Å². The van der Waals surface area contributed by atoms with Gasteiger partial charge in [0.25, 0.3) is 0 Å². The summed E-state index contributed by atoms with van der Waals surface area (Å²) in [7, 11) is 0. The van der Waals surface area contributed by atoms with Crippen LogP contribution in [0, 0.1) is 0 Å². The first-order valence-corrected chi connectivity index (χ1v) is 5.87. The lowest BCUT2D eigenvalue weighted by Crippen LogP contribution is -1.93. The molecule has 0 atom stereocenters. The Bertz CT molecular complexity index is 489. The molecule has 1 aromatic heterocycles. The van der Waals surface area contributed by atoms with Gasteiger partial charge in [-0.05, 0) is 23.1 Å². The van der Waals surface area contributed by atoms with Crippen LogP contribution in [0.2, 0.25) is 0 Å². The SMILES string of the molecule is CC(C)c1ccc(-c2cccnc2CO)cc1. The van der Waals surface area contributed by atoms with Gasteiger partial charge in [0.05, 0.1) is 12.3 Å². The summed E-state index contributed by atoms with van der Waals surface area (Å²) in [4.78, 5) is 4.18. The molecular weight excluding hydrogens is 210 g/mol. The molecule has 1 aromatic carbocycles. The highest BCUT2D eigenvalue weighted by Crippen LogP contribution is 2.24. The van der Waals surface area contributed by atoms with Crippen LogP contribution >= 0.6 is 0 Å². The smallest absolute Gasteiger partial charge is 0.0859 e. The van der Waals surface area contributed by atoms with E-state index in [0.29, 0.717) is 5.92 Å². The summed E-state index contributed by atoms with van der Waals surface area (Å²) in [6.07, 6.45) is 1.71. The zero-order valence-electron chi connectivity index (χ0n) is 10.2. The standard InChI is InChI=1S/C15H17NO/c1-11(2)12-5-7-13(8-6-12)14-4-3-9-16-15(14)10-17/h3-9,11,17H,10H2,1-2H3. The molecule has 0 unspecified atom stereocenters. The Labute approximate surface area is 102 Å². The minimum Gasteiger partial charge on any atom is -0.390 e. The fraction of sp³-hybridized carbons (Fsp3) is 0.267. The summed E-state index contributed by atoms with van der Waals surface area (Å²) < 4.78 is 0. The molecule has 0 amide bonds. The van der Waals surface area contributed by atoms with Crippen molar-refractivity contribution in [1.82, 2.24) is 4.98 Å². The minimum absolute atomic E-state index is 0.0257. The molecule has 0 aliphatic carbocycles. The molecule has 0 saturated heterocycles. The highest BCUT2D eigenvalue weighted by atomic mass is 16.3. The minimum atomic E-state index is -0.0257. The van der Waals surface area contributed by atoms with E-state index in [1.54, 1.807) is 6.20 Å². The van der Waals surface area contributed by atoms with Gasteiger partial charge in [-0.2, -0.15) is 0 Å². The lowest BCUT2D eigenvalue weighted by molar-refractivity contribution is 0.277. The Kier molecular flexibility index (Phi) is 3.55. The predicted molar refractivity (Wildman–Crippen MR) is 69.7 cm³/mol. The summed E-state index contributed by atoms with van der Waals surface area (Å²) in [6.45, 7) is 4.33. The summed E-state index contributed by atoms with van der Waals surface area (Å²) in [5.74, 6) is 0.537. The van der Waals surface area contributed by atoms with Gasteiger partial charge in [0.15, 0.2) is 0 Å². The fourth-order valence-electron chi connectivity index (χ4n) is 1.87. The lowest BCUT2D eigenvalue weighted by atomic mass is 9.98. The number of aliphatic hydroxyl groups is 1.